The highest BCUT2D eigenvalue weighted by Crippen LogP contribution is 2.13. The predicted octanol–water partition coefficient (Wildman–Crippen LogP) is 3.22. The Morgan fingerprint density at radius 2 is 1.29 bits per heavy atom. The van der Waals surface area contributed by atoms with Crippen molar-refractivity contribution in [2.24, 2.45) is 0 Å². The van der Waals surface area contributed by atoms with Gasteiger partial charge in [-0.3, -0.25) is 0 Å². The summed E-state index contributed by atoms with van der Waals surface area (Å²) in [6.45, 7) is 0. The summed E-state index contributed by atoms with van der Waals surface area (Å²) in [4.78, 5) is 0. The summed E-state index contributed by atoms with van der Waals surface area (Å²) in [6, 6.07) is 16.1. The Morgan fingerprint density at radius 3 is 1.90 bits per heavy atom. The molecule has 0 saturated carbocycles. The minimum Gasteiger partial charge on any atom is -0.507 e. The standard InChI is InChI=1S/C19H11NO/c20-15-18-13-6-5-10-16(18)9-3-1-2-4-11-17-12-7-8-14-19(17)21/h1-2,5-8,10,12-14,21H. The van der Waals surface area contributed by atoms with Crippen molar-refractivity contribution >= 4 is 0 Å². The quantitative estimate of drug-likeness (QED) is 0.746. The molecule has 0 aliphatic rings. The van der Waals surface area contributed by atoms with Crippen molar-refractivity contribution in [2.75, 3.05) is 0 Å². The maximum atomic E-state index is 9.53. The van der Waals surface area contributed by atoms with E-state index in [0.29, 0.717) is 16.7 Å². The molecular weight excluding hydrogens is 258 g/mol. The number of nitrogens with zero attached hydrogens (tertiary/aromatic N) is 1. The summed E-state index contributed by atoms with van der Waals surface area (Å²) in [6.07, 6.45) is 3.22. The van der Waals surface area contributed by atoms with E-state index in [4.69, 9.17) is 5.26 Å². The van der Waals surface area contributed by atoms with Crippen LogP contribution >= 0.6 is 0 Å². The maximum Gasteiger partial charge on any atom is 0.131 e. The number of aromatic hydroxyl groups is 1. The third-order valence-corrected chi connectivity index (χ3v) is 2.62. The second-order valence-corrected chi connectivity index (χ2v) is 4.05. The van der Waals surface area contributed by atoms with Crippen molar-refractivity contribution in [1.29, 1.82) is 5.26 Å². The molecule has 2 rings (SSSR count). The summed E-state index contributed by atoms with van der Waals surface area (Å²) in [5.74, 6) is 11.5. The van der Waals surface area contributed by atoms with Gasteiger partial charge >= 0.3 is 0 Å². The lowest BCUT2D eigenvalue weighted by Gasteiger charge is -1.92. The molecule has 2 aromatic rings. The molecule has 21 heavy (non-hydrogen) atoms. The maximum absolute atomic E-state index is 9.53. The van der Waals surface area contributed by atoms with Gasteiger partial charge < -0.3 is 5.11 Å². The summed E-state index contributed by atoms with van der Waals surface area (Å²) in [7, 11) is 0. The highest BCUT2D eigenvalue weighted by molar-refractivity contribution is 5.50. The molecule has 98 valence electrons. The molecule has 1 N–H and O–H groups in total. The Balaban J connectivity index is 2.07. The lowest BCUT2D eigenvalue weighted by Crippen LogP contribution is -1.80. The number of phenolic OH excluding ortho intramolecular Hbond substituents is 1. The van der Waals surface area contributed by atoms with Crippen LogP contribution in [-0.2, 0) is 0 Å². The van der Waals surface area contributed by atoms with Crippen LogP contribution in [0.2, 0.25) is 0 Å². The molecule has 2 heteroatoms. The highest BCUT2D eigenvalue weighted by atomic mass is 16.3. The zero-order valence-electron chi connectivity index (χ0n) is 11.2. The molecular formula is C19H11NO. The number of benzene rings is 2. The van der Waals surface area contributed by atoms with Gasteiger partial charge in [-0.05, 0) is 36.4 Å². The lowest BCUT2D eigenvalue weighted by atomic mass is 10.1. The van der Waals surface area contributed by atoms with Crippen LogP contribution in [0.15, 0.2) is 60.7 Å². The third kappa shape index (κ3) is 4.03. The average Bonchev–Trinajstić information content (AvgIpc) is 2.52. The molecule has 0 unspecified atom stereocenters. The Hall–Kier alpha value is -3.41. The second kappa shape index (κ2) is 7.25. The van der Waals surface area contributed by atoms with Gasteiger partial charge in [0.25, 0.3) is 0 Å². The van der Waals surface area contributed by atoms with Gasteiger partial charge in [-0.25, -0.2) is 0 Å². The van der Waals surface area contributed by atoms with Gasteiger partial charge in [0.05, 0.1) is 11.1 Å². The smallest absolute Gasteiger partial charge is 0.131 e. The van der Waals surface area contributed by atoms with Crippen molar-refractivity contribution in [3.63, 3.8) is 0 Å². The first-order valence-corrected chi connectivity index (χ1v) is 6.26. The molecule has 2 nitrogen and oxygen atoms in total. The van der Waals surface area contributed by atoms with E-state index in [1.54, 1.807) is 48.6 Å². The first-order chi connectivity index (χ1) is 10.3. The first kappa shape index (κ1) is 14.0. The van der Waals surface area contributed by atoms with Crippen LogP contribution < -0.4 is 0 Å². The Morgan fingerprint density at radius 1 is 0.762 bits per heavy atom. The van der Waals surface area contributed by atoms with E-state index in [9.17, 15) is 5.11 Å². The van der Waals surface area contributed by atoms with E-state index < -0.39 is 0 Å². The van der Waals surface area contributed by atoms with Crippen LogP contribution in [0.4, 0.5) is 0 Å². The molecule has 2 aromatic carbocycles. The Labute approximate surface area is 124 Å². The number of hydrogen-bond acceptors (Lipinski definition) is 2. The first-order valence-electron chi connectivity index (χ1n) is 6.26. The topological polar surface area (TPSA) is 44.0 Å². The van der Waals surface area contributed by atoms with Crippen molar-refractivity contribution in [1.82, 2.24) is 0 Å². The van der Waals surface area contributed by atoms with Crippen molar-refractivity contribution in [2.45, 2.75) is 0 Å². The van der Waals surface area contributed by atoms with Crippen molar-refractivity contribution in [3.8, 4) is 35.5 Å². The van der Waals surface area contributed by atoms with E-state index in [0.717, 1.165) is 0 Å². The van der Waals surface area contributed by atoms with Crippen LogP contribution in [0.1, 0.15) is 16.7 Å². The molecule has 0 aliphatic heterocycles. The van der Waals surface area contributed by atoms with Crippen LogP contribution in [0.5, 0.6) is 5.75 Å². The summed E-state index contributed by atoms with van der Waals surface area (Å²) >= 11 is 0. The van der Waals surface area contributed by atoms with Crippen molar-refractivity contribution < 1.29 is 5.11 Å². The predicted molar refractivity (Wildman–Crippen MR) is 82.2 cm³/mol. The molecule has 0 aliphatic carbocycles. The minimum absolute atomic E-state index is 0.160. The fourth-order valence-corrected chi connectivity index (χ4v) is 1.59. The largest absolute Gasteiger partial charge is 0.507 e. The van der Waals surface area contributed by atoms with E-state index in [1.165, 1.54) is 0 Å². The molecule has 0 heterocycles. The SMILES string of the molecule is N#Cc1ccccc1C#CC=CC#Cc1ccccc1O. The van der Waals surface area contributed by atoms with E-state index >= 15 is 0 Å². The Kier molecular flexibility index (Phi) is 4.83. The monoisotopic (exact) mass is 269 g/mol. The minimum atomic E-state index is 0.160. The van der Waals surface area contributed by atoms with Crippen LogP contribution in [-0.4, -0.2) is 5.11 Å². The molecule has 0 spiro atoms. The number of para-hydroxylation sites is 1. The van der Waals surface area contributed by atoms with Gasteiger partial charge in [-0.15, -0.1) is 0 Å². The fraction of sp³-hybridized carbons (Fsp3) is 0. The van der Waals surface area contributed by atoms with E-state index in [1.807, 2.05) is 12.1 Å². The number of nitriles is 1. The fourth-order valence-electron chi connectivity index (χ4n) is 1.59. The van der Waals surface area contributed by atoms with Gasteiger partial charge in [0, 0.05) is 5.56 Å². The Bertz CT molecular complexity index is 833. The van der Waals surface area contributed by atoms with Gasteiger partial charge in [-0.2, -0.15) is 5.26 Å². The number of hydrogen-bond donors (Lipinski definition) is 1. The van der Waals surface area contributed by atoms with Crippen molar-refractivity contribution in [3.05, 3.63) is 77.4 Å². The van der Waals surface area contributed by atoms with Gasteiger partial charge in [0.2, 0.25) is 0 Å². The number of phenols is 1. The molecule has 0 bridgehead atoms. The number of rotatable bonds is 0. The summed E-state index contributed by atoms with van der Waals surface area (Å²) in [5.41, 5.74) is 1.82. The zero-order valence-corrected chi connectivity index (χ0v) is 11.2. The molecule has 0 atom stereocenters. The molecule has 0 radical (unpaired) electrons. The van der Waals surface area contributed by atoms with Gasteiger partial charge in [0.1, 0.15) is 11.8 Å². The van der Waals surface area contributed by atoms with Crippen LogP contribution in [0, 0.1) is 35.0 Å². The highest BCUT2D eigenvalue weighted by Gasteiger charge is 1.94. The van der Waals surface area contributed by atoms with Crippen LogP contribution in [0.25, 0.3) is 0 Å². The van der Waals surface area contributed by atoms with Gasteiger partial charge in [-0.1, -0.05) is 47.9 Å². The molecule has 0 amide bonds. The summed E-state index contributed by atoms with van der Waals surface area (Å²) < 4.78 is 0. The second-order valence-electron chi connectivity index (χ2n) is 4.05. The molecule has 0 saturated heterocycles. The average molecular weight is 269 g/mol. The van der Waals surface area contributed by atoms with E-state index in [2.05, 4.69) is 29.8 Å². The molecule has 0 fully saturated rings. The van der Waals surface area contributed by atoms with Gasteiger partial charge in [0.15, 0.2) is 0 Å². The normalized spacial score (nSPS) is 9.10. The summed E-state index contributed by atoms with van der Waals surface area (Å²) in [5, 5.41) is 18.5. The lowest BCUT2D eigenvalue weighted by molar-refractivity contribution is 0.473. The van der Waals surface area contributed by atoms with Crippen LogP contribution in [0.3, 0.4) is 0 Å². The zero-order chi connectivity index (χ0) is 14.9. The number of allylic oxidation sites excluding steroid dienone is 2. The molecule has 0 aromatic heterocycles. The third-order valence-electron chi connectivity index (χ3n) is 2.62. The van der Waals surface area contributed by atoms with E-state index in [-0.39, 0.29) is 5.75 Å².